The lowest BCUT2D eigenvalue weighted by molar-refractivity contribution is -0.120. The van der Waals surface area contributed by atoms with Crippen LogP contribution in [0.4, 0.5) is 0 Å². The first-order chi connectivity index (χ1) is 13.5. The molecular formula is C25H30N2O. The summed E-state index contributed by atoms with van der Waals surface area (Å²) in [5.41, 5.74) is 9.47. The Hall–Kier alpha value is -2.65. The van der Waals surface area contributed by atoms with Gasteiger partial charge in [-0.3, -0.25) is 4.79 Å². The minimum absolute atomic E-state index is 0.157. The van der Waals surface area contributed by atoms with Crippen molar-refractivity contribution in [2.75, 3.05) is 13.6 Å². The molecule has 0 radical (unpaired) electrons. The van der Waals surface area contributed by atoms with Crippen LogP contribution in [0.15, 0.2) is 66.7 Å². The van der Waals surface area contributed by atoms with Crippen LogP contribution in [0, 0.1) is 5.92 Å². The monoisotopic (exact) mass is 374 g/mol. The van der Waals surface area contributed by atoms with E-state index in [1.165, 1.54) is 11.1 Å². The molecule has 3 rings (SSSR count). The molecule has 0 fully saturated rings. The summed E-state index contributed by atoms with van der Waals surface area (Å²) in [5, 5.41) is 2.30. The molecule has 0 heterocycles. The molecule has 0 spiro atoms. The standard InChI is InChI=1S/C25H30N2O/c1-18(2)23(25(26)28)24-21(14-13-20-11-7-8-12-22(20)24)15-16-27(3)17-19-9-5-4-6-10-19/h4-14,18,23H,15-17H2,1-3H3,(H2,26,28). The summed E-state index contributed by atoms with van der Waals surface area (Å²) in [7, 11) is 2.14. The fourth-order valence-electron chi connectivity index (χ4n) is 4.02. The van der Waals surface area contributed by atoms with Crippen molar-refractivity contribution in [2.24, 2.45) is 11.7 Å². The predicted molar refractivity (Wildman–Crippen MR) is 117 cm³/mol. The number of fused-ring (bicyclic) bond motifs is 1. The highest BCUT2D eigenvalue weighted by atomic mass is 16.1. The third-order valence-corrected chi connectivity index (χ3v) is 5.40. The Kier molecular flexibility index (Phi) is 6.48. The summed E-state index contributed by atoms with van der Waals surface area (Å²) in [6, 6.07) is 23.1. The third kappa shape index (κ3) is 4.60. The van der Waals surface area contributed by atoms with E-state index in [4.69, 9.17) is 5.73 Å². The molecule has 0 saturated carbocycles. The van der Waals surface area contributed by atoms with Gasteiger partial charge >= 0.3 is 0 Å². The van der Waals surface area contributed by atoms with Crippen molar-refractivity contribution in [3.63, 3.8) is 0 Å². The Morgan fingerprint density at radius 2 is 1.64 bits per heavy atom. The molecule has 1 unspecified atom stereocenters. The van der Waals surface area contributed by atoms with Gasteiger partial charge in [0.1, 0.15) is 0 Å². The summed E-state index contributed by atoms with van der Waals surface area (Å²) >= 11 is 0. The van der Waals surface area contributed by atoms with Crippen LogP contribution in [-0.4, -0.2) is 24.4 Å². The molecule has 2 N–H and O–H groups in total. The molecule has 146 valence electrons. The Bertz CT molecular complexity index is 934. The molecule has 0 aliphatic rings. The maximum absolute atomic E-state index is 12.3. The van der Waals surface area contributed by atoms with E-state index in [0.717, 1.165) is 35.8 Å². The van der Waals surface area contributed by atoms with Gasteiger partial charge in [0.2, 0.25) is 5.91 Å². The van der Waals surface area contributed by atoms with Gasteiger partial charge in [0.15, 0.2) is 0 Å². The van der Waals surface area contributed by atoms with Gasteiger partial charge < -0.3 is 10.6 Å². The maximum atomic E-state index is 12.3. The number of amides is 1. The molecule has 0 saturated heterocycles. The van der Waals surface area contributed by atoms with E-state index >= 15 is 0 Å². The summed E-state index contributed by atoms with van der Waals surface area (Å²) in [6.45, 7) is 5.97. The van der Waals surface area contributed by atoms with Gasteiger partial charge in [-0.25, -0.2) is 0 Å². The fourth-order valence-corrected chi connectivity index (χ4v) is 4.02. The van der Waals surface area contributed by atoms with Crippen molar-refractivity contribution in [2.45, 2.75) is 32.7 Å². The van der Waals surface area contributed by atoms with Crippen molar-refractivity contribution in [3.05, 3.63) is 83.4 Å². The Labute approximate surface area is 168 Å². The summed E-state index contributed by atoms with van der Waals surface area (Å²) < 4.78 is 0. The van der Waals surface area contributed by atoms with Crippen molar-refractivity contribution >= 4 is 16.7 Å². The average molecular weight is 375 g/mol. The molecule has 3 heteroatoms. The first-order valence-corrected chi connectivity index (χ1v) is 9.99. The summed E-state index contributed by atoms with van der Waals surface area (Å²) in [6.07, 6.45) is 0.889. The molecule has 0 aliphatic heterocycles. The van der Waals surface area contributed by atoms with E-state index in [-0.39, 0.29) is 17.7 Å². The molecule has 3 aromatic rings. The van der Waals surface area contributed by atoms with Gasteiger partial charge in [-0.15, -0.1) is 0 Å². The van der Waals surface area contributed by atoms with Gasteiger partial charge in [0.25, 0.3) is 0 Å². The van der Waals surface area contributed by atoms with Gasteiger partial charge in [0, 0.05) is 13.1 Å². The second-order valence-corrected chi connectivity index (χ2v) is 7.96. The number of nitrogens with zero attached hydrogens (tertiary/aromatic N) is 1. The smallest absolute Gasteiger partial charge is 0.225 e. The van der Waals surface area contributed by atoms with Crippen LogP contribution < -0.4 is 5.73 Å². The number of hydrogen-bond acceptors (Lipinski definition) is 2. The third-order valence-electron chi connectivity index (χ3n) is 5.40. The van der Waals surface area contributed by atoms with E-state index in [0.29, 0.717) is 0 Å². The quantitative estimate of drug-likeness (QED) is 0.619. The van der Waals surface area contributed by atoms with Gasteiger partial charge in [-0.1, -0.05) is 80.6 Å². The lowest BCUT2D eigenvalue weighted by Gasteiger charge is -2.24. The molecule has 1 atom stereocenters. The SMILES string of the molecule is CC(C)C(C(N)=O)c1c(CCN(C)Cc2ccccc2)ccc2ccccc12. The van der Waals surface area contributed by atoms with Gasteiger partial charge in [0.05, 0.1) is 5.92 Å². The van der Waals surface area contributed by atoms with E-state index in [1.807, 2.05) is 18.2 Å². The van der Waals surface area contributed by atoms with E-state index in [1.54, 1.807) is 0 Å². The molecule has 0 bridgehead atoms. The second kappa shape index (κ2) is 9.03. The number of benzene rings is 3. The highest BCUT2D eigenvalue weighted by Gasteiger charge is 2.26. The van der Waals surface area contributed by atoms with E-state index in [2.05, 4.69) is 74.3 Å². The summed E-state index contributed by atoms with van der Waals surface area (Å²) in [4.78, 5) is 14.7. The number of carbonyl (C=O) groups excluding carboxylic acids is 1. The zero-order valence-corrected chi connectivity index (χ0v) is 17.1. The molecule has 0 aliphatic carbocycles. The Morgan fingerprint density at radius 1 is 0.964 bits per heavy atom. The zero-order chi connectivity index (χ0) is 20.1. The van der Waals surface area contributed by atoms with Crippen LogP contribution in [0.2, 0.25) is 0 Å². The van der Waals surface area contributed by atoms with Crippen LogP contribution >= 0.6 is 0 Å². The van der Waals surface area contributed by atoms with E-state index < -0.39 is 0 Å². The molecule has 3 aromatic carbocycles. The van der Waals surface area contributed by atoms with Gasteiger partial charge in [-0.05, 0) is 46.8 Å². The predicted octanol–water partition coefficient (Wildman–Crippen LogP) is 4.74. The second-order valence-electron chi connectivity index (χ2n) is 7.96. The number of nitrogens with two attached hydrogens (primary N) is 1. The van der Waals surface area contributed by atoms with Crippen LogP contribution in [-0.2, 0) is 17.8 Å². The molecule has 3 nitrogen and oxygen atoms in total. The number of likely N-dealkylation sites (N-methyl/N-ethyl adjacent to an activating group) is 1. The average Bonchev–Trinajstić information content (AvgIpc) is 2.67. The van der Waals surface area contributed by atoms with Gasteiger partial charge in [-0.2, -0.15) is 0 Å². The van der Waals surface area contributed by atoms with Crippen LogP contribution in [0.25, 0.3) is 10.8 Å². The highest BCUT2D eigenvalue weighted by Crippen LogP contribution is 2.34. The van der Waals surface area contributed by atoms with Crippen molar-refractivity contribution in [1.29, 1.82) is 0 Å². The number of carbonyl (C=O) groups is 1. The highest BCUT2D eigenvalue weighted by molar-refractivity contribution is 5.93. The molecule has 1 amide bonds. The van der Waals surface area contributed by atoms with E-state index in [9.17, 15) is 4.79 Å². The lowest BCUT2D eigenvalue weighted by atomic mass is 9.81. The summed E-state index contributed by atoms with van der Waals surface area (Å²) in [5.74, 6) is -0.366. The molecule has 28 heavy (non-hydrogen) atoms. The zero-order valence-electron chi connectivity index (χ0n) is 17.1. The maximum Gasteiger partial charge on any atom is 0.225 e. The van der Waals surface area contributed by atoms with Crippen molar-refractivity contribution in [3.8, 4) is 0 Å². The van der Waals surface area contributed by atoms with Crippen LogP contribution in [0.3, 0.4) is 0 Å². The molecule has 0 aromatic heterocycles. The lowest BCUT2D eigenvalue weighted by Crippen LogP contribution is -2.27. The first-order valence-electron chi connectivity index (χ1n) is 9.99. The normalized spacial score (nSPS) is 12.6. The largest absolute Gasteiger partial charge is 0.369 e. The van der Waals surface area contributed by atoms with Crippen LogP contribution in [0.5, 0.6) is 0 Å². The number of rotatable bonds is 8. The molecular weight excluding hydrogens is 344 g/mol. The van der Waals surface area contributed by atoms with Crippen LogP contribution in [0.1, 0.15) is 36.5 Å². The minimum atomic E-state index is -0.277. The number of primary amides is 1. The van der Waals surface area contributed by atoms with Crippen molar-refractivity contribution < 1.29 is 4.79 Å². The first kappa shape index (κ1) is 20.1. The Morgan fingerprint density at radius 3 is 2.32 bits per heavy atom. The van der Waals surface area contributed by atoms with Crippen molar-refractivity contribution in [1.82, 2.24) is 4.90 Å². The minimum Gasteiger partial charge on any atom is -0.369 e. The number of hydrogen-bond donors (Lipinski definition) is 1. The Balaban J connectivity index is 1.89. The topological polar surface area (TPSA) is 46.3 Å². The fraction of sp³-hybridized carbons (Fsp3) is 0.320.